The van der Waals surface area contributed by atoms with Crippen LogP contribution in [-0.2, 0) is 25.3 Å². The van der Waals surface area contributed by atoms with Crippen LogP contribution in [0.15, 0.2) is 97.1 Å². The number of hydrogen-bond donors (Lipinski definition) is 0. The SMILES string of the molecule is Clc1ccccc1C[B-](Cc1ccccc1Cl)(Cc1ccccc1Cl)Cc1ccccc1Cl. The fraction of sp³-hybridized carbons (Fsp3) is 0.143. The summed E-state index contributed by atoms with van der Waals surface area (Å²) in [6.07, 6.45) is 2.14. The van der Waals surface area contributed by atoms with Crippen molar-refractivity contribution in [1.29, 1.82) is 0 Å². The molecule has 0 heterocycles. The second-order valence-corrected chi connectivity index (χ2v) is 10.5. The van der Waals surface area contributed by atoms with Gasteiger partial charge >= 0.3 is 0 Å². The molecule has 0 nitrogen and oxygen atoms in total. The fourth-order valence-corrected chi connectivity index (χ4v) is 5.81. The Morgan fingerprint density at radius 3 is 0.788 bits per heavy atom. The fourth-order valence-electron chi connectivity index (χ4n) is 4.95. The summed E-state index contributed by atoms with van der Waals surface area (Å²) in [5, 5.41) is 3.12. The van der Waals surface area contributed by atoms with Gasteiger partial charge in [-0.25, -0.2) is 0 Å². The van der Waals surface area contributed by atoms with Gasteiger partial charge in [0.1, 0.15) is 0 Å². The Morgan fingerprint density at radius 1 is 0.364 bits per heavy atom. The van der Waals surface area contributed by atoms with E-state index < -0.39 is 6.15 Å². The van der Waals surface area contributed by atoms with Gasteiger partial charge in [0.25, 0.3) is 0 Å². The first-order valence-corrected chi connectivity index (χ1v) is 12.6. The number of benzene rings is 4. The molecule has 4 rings (SSSR count). The summed E-state index contributed by atoms with van der Waals surface area (Å²) in [6, 6.07) is 32.3. The predicted octanol–water partition coefficient (Wildman–Crippen LogP) is 9.18. The first-order chi connectivity index (χ1) is 16.0. The standard InChI is InChI=1S/C28H24BCl4/c30-25-13-5-1-9-21(25)17-29(18-22-10-2-6-14-26(22)31,19-23-11-3-7-15-27(23)32)20-24-12-4-8-16-28(24)33/h1-16H,17-20H2/q-1. The lowest BCUT2D eigenvalue weighted by atomic mass is 9.16. The third-order valence-corrected chi connectivity index (χ3v) is 7.92. The molecule has 0 N–H and O–H groups in total. The molecule has 0 atom stereocenters. The number of hydrogen-bond acceptors (Lipinski definition) is 0. The van der Waals surface area contributed by atoms with Crippen LogP contribution in [0.3, 0.4) is 0 Å². The molecule has 0 saturated carbocycles. The maximum absolute atomic E-state index is 6.66. The van der Waals surface area contributed by atoms with Gasteiger partial charge in [-0.05, 0) is 24.3 Å². The highest BCUT2D eigenvalue weighted by atomic mass is 35.5. The summed E-state index contributed by atoms with van der Waals surface area (Å²) >= 11 is 26.7. The molecule has 0 radical (unpaired) electrons. The lowest BCUT2D eigenvalue weighted by Gasteiger charge is -2.41. The molecule has 4 aromatic rings. The van der Waals surface area contributed by atoms with Crippen LogP contribution in [-0.4, -0.2) is 6.15 Å². The molecule has 4 aromatic carbocycles. The molecular formula is C28H24BCl4-. The van der Waals surface area contributed by atoms with Crippen molar-refractivity contribution < 1.29 is 0 Å². The van der Waals surface area contributed by atoms with E-state index in [1.165, 1.54) is 0 Å². The van der Waals surface area contributed by atoms with E-state index in [2.05, 4.69) is 24.3 Å². The average molecular weight is 513 g/mol. The molecule has 0 aromatic heterocycles. The van der Waals surface area contributed by atoms with E-state index in [-0.39, 0.29) is 0 Å². The lowest BCUT2D eigenvalue weighted by Crippen LogP contribution is -2.47. The van der Waals surface area contributed by atoms with E-state index in [1.54, 1.807) is 0 Å². The maximum Gasteiger partial charge on any atom is 0.0405 e. The molecule has 0 amide bonds. The average Bonchev–Trinajstić information content (AvgIpc) is 2.80. The largest absolute Gasteiger partial charge is 0.150 e. The monoisotopic (exact) mass is 511 g/mol. The van der Waals surface area contributed by atoms with Crippen molar-refractivity contribution in [2.24, 2.45) is 0 Å². The van der Waals surface area contributed by atoms with Gasteiger partial charge in [0.2, 0.25) is 0 Å². The van der Waals surface area contributed by atoms with Crippen molar-refractivity contribution in [3.8, 4) is 0 Å². The third kappa shape index (κ3) is 6.17. The molecule has 0 aliphatic heterocycles. The van der Waals surface area contributed by atoms with Crippen LogP contribution in [0.2, 0.25) is 20.1 Å². The molecule has 0 spiro atoms. The van der Waals surface area contributed by atoms with Crippen LogP contribution in [0.4, 0.5) is 0 Å². The summed E-state index contributed by atoms with van der Waals surface area (Å²) in [6.45, 7) is 0. The van der Waals surface area contributed by atoms with Crippen molar-refractivity contribution >= 4 is 52.5 Å². The summed E-state index contributed by atoms with van der Waals surface area (Å²) in [5.41, 5.74) is 4.52. The van der Waals surface area contributed by atoms with E-state index >= 15 is 0 Å². The number of halogens is 4. The van der Waals surface area contributed by atoms with E-state index in [0.29, 0.717) is 0 Å². The maximum atomic E-state index is 6.66. The van der Waals surface area contributed by atoms with Gasteiger partial charge in [0.15, 0.2) is 0 Å². The summed E-state index contributed by atoms with van der Waals surface area (Å²) in [7, 11) is 0. The van der Waals surface area contributed by atoms with Gasteiger partial charge in [-0.2, -0.15) is 25.3 Å². The zero-order chi connectivity index (χ0) is 23.3. The van der Waals surface area contributed by atoms with Crippen LogP contribution >= 0.6 is 46.4 Å². The molecule has 168 valence electrons. The van der Waals surface area contributed by atoms with Gasteiger partial charge in [0, 0.05) is 26.2 Å². The second-order valence-electron chi connectivity index (χ2n) is 8.91. The normalized spacial score (nSPS) is 11.5. The Hall–Kier alpha value is -1.90. The Labute approximate surface area is 216 Å². The van der Waals surface area contributed by atoms with Crippen LogP contribution in [0.25, 0.3) is 0 Å². The minimum absolute atomic E-state index is 0.779. The highest BCUT2D eigenvalue weighted by molar-refractivity contribution is 6.78. The van der Waals surface area contributed by atoms with Gasteiger partial charge < -0.3 is 0 Å². The first-order valence-electron chi connectivity index (χ1n) is 11.1. The van der Waals surface area contributed by atoms with E-state index in [9.17, 15) is 0 Å². The van der Waals surface area contributed by atoms with Crippen molar-refractivity contribution in [2.75, 3.05) is 0 Å². The Balaban J connectivity index is 1.86. The van der Waals surface area contributed by atoms with E-state index in [1.807, 2.05) is 72.8 Å². The molecule has 5 heteroatoms. The predicted molar refractivity (Wildman–Crippen MR) is 146 cm³/mol. The highest BCUT2D eigenvalue weighted by Crippen LogP contribution is 2.33. The molecule has 0 fully saturated rings. The van der Waals surface area contributed by atoms with Crippen molar-refractivity contribution in [2.45, 2.75) is 25.3 Å². The van der Waals surface area contributed by atoms with Crippen LogP contribution < -0.4 is 0 Å². The van der Waals surface area contributed by atoms with Crippen molar-refractivity contribution in [3.05, 3.63) is 139 Å². The van der Waals surface area contributed by atoms with Crippen molar-refractivity contribution in [1.82, 2.24) is 0 Å². The summed E-state index contributed by atoms with van der Waals surface area (Å²) < 4.78 is 0. The third-order valence-electron chi connectivity index (χ3n) is 6.44. The Morgan fingerprint density at radius 2 is 0.576 bits per heavy atom. The Bertz CT molecular complexity index is 1040. The van der Waals surface area contributed by atoms with Crippen molar-refractivity contribution in [3.63, 3.8) is 0 Å². The zero-order valence-corrected chi connectivity index (χ0v) is 21.2. The van der Waals surface area contributed by atoms with E-state index in [0.717, 1.165) is 67.6 Å². The molecule has 0 aliphatic carbocycles. The minimum atomic E-state index is -1.14. The molecule has 0 bridgehead atoms. The second kappa shape index (κ2) is 11.0. The van der Waals surface area contributed by atoms with Crippen LogP contribution in [0.5, 0.6) is 0 Å². The Kier molecular flexibility index (Phi) is 8.09. The quantitative estimate of drug-likeness (QED) is 0.206. The first kappa shape index (κ1) is 24.2. The van der Waals surface area contributed by atoms with Gasteiger partial charge in [-0.3, -0.25) is 0 Å². The molecule has 0 saturated heterocycles. The summed E-state index contributed by atoms with van der Waals surface area (Å²) in [5.74, 6) is 0. The minimum Gasteiger partial charge on any atom is -0.150 e. The highest BCUT2D eigenvalue weighted by Gasteiger charge is 2.29. The van der Waals surface area contributed by atoms with E-state index in [4.69, 9.17) is 46.4 Å². The molecular weight excluding hydrogens is 489 g/mol. The smallest absolute Gasteiger partial charge is 0.0405 e. The summed E-state index contributed by atoms with van der Waals surface area (Å²) in [4.78, 5) is 0. The molecule has 0 aliphatic rings. The van der Waals surface area contributed by atoms with Gasteiger partial charge in [-0.1, -0.05) is 141 Å². The number of rotatable bonds is 8. The zero-order valence-electron chi connectivity index (χ0n) is 18.2. The van der Waals surface area contributed by atoms with Gasteiger partial charge in [0.05, 0.1) is 0 Å². The van der Waals surface area contributed by atoms with Crippen LogP contribution in [0, 0.1) is 0 Å². The molecule has 33 heavy (non-hydrogen) atoms. The van der Waals surface area contributed by atoms with Crippen LogP contribution in [0.1, 0.15) is 22.3 Å². The van der Waals surface area contributed by atoms with Gasteiger partial charge in [-0.15, -0.1) is 0 Å². The lowest BCUT2D eigenvalue weighted by molar-refractivity contribution is 1.06. The topological polar surface area (TPSA) is 0 Å². The molecule has 0 unspecified atom stereocenters.